The molecule has 202 valence electrons. The summed E-state index contributed by atoms with van der Waals surface area (Å²) < 4.78 is 4.51. The van der Waals surface area contributed by atoms with Gasteiger partial charge in [0.25, 0.3) is 0 Å². The van der Waals surface area contributed by atoms with E-state index in [9.17, 15) is 19.2 Å². The quantitative estimate of drug-likeness (QED) is 0.456. The summed E-state index contributed by atoms with van der Waals surface area (Å²) in [5, 5.41) is 0. The Morgan fingerprint density at radius 2 is 1.44 bits per heavy atom. The van der Waals surface area contributed by atoms with Crippen LogP contribution < -0.4 is 5.73 Å². The second-order valence-electron chi connectivity index (χ2n) is 10.6. The zero-order chi connectivity index (χ0) is 27.6. The molecule has 0 atom stereocenters. The number of esters is 1. The number of rotatable bonds is 1. The van der Waals surface area contributed by atoms with Gasteiger partial charge in [0.2, 0.25) is 5.91 Å². The molecule has 1 saturated carbocycles. The molecule has 3 aliphatic rings. The summed E-state index contributed by atoms with van der Waals surface area (Å²) in [6.45, 7) is 12.6. The number of benzene rings is 1. The molecule has 1 aliphatic heterocycles. The van der Waals surface area contributed by atoms with E-state index in [1.165, 1.54) is 17.6 Å². The van der Waals surface area contributed by atoms with Crippen molar-refractivity contribution in [2.24, 2.45) is 17.1 Å². The van der Waals surface area contributed by atoms with Gasteiger partial charge in [0.15, 0.2) is 5.78 Å². The molecule has 4 rings (SSSR count). The van der Waals surface area contributed by atoms with E-state index in [1.807, 2.05) is 25.1 Å². The lowest BCUT2D eigenvalue weighted by atomic mass is 9.77. The van der Waals surface area contributed by atoms with Crippen molar-refractivity contribution in [3.05, 3.63) is 47.5 Å². The van der Waals surface area contributed by atoms with E-state index in [2.05, 4.69) is 37.6 Å². The highest BCUT2D eigenvalue weighted by molar-refractivity contribution is 5.91. The van der Waals surface area contributed by atoms with Crippen molar-refractivity contribution >= 4 is 23.4 Å². The number of hydrogen-bond acceptors (Lipinski definition) is 5. The van der Waals surface area contributed by atoms with Crippen LogP contribution in [-0.2, 0) is 23.9 Å². The number of carbonyl (C=O) groups is 4. The summed E-state index contributed by atoms with van der Waals surface area (Å²) in [5.41, 5.74) is 7.55. The van der Waals surface area contributed by atoms with Crippen molar-refractivity contribution < 1.29 is 23.9 Å². The first-order valence-electron chi connectivity index (χ1n) is 13.0. The molecule has 6 nitrogen and oxygen atoms in total. The Morgan fingerprint density at radius 1 is 0.889 bits per heavy atom. The summed E-state index contributed by atoms with van der Waals surface area (Å²) in [6, 6.07) is 10.3. The fourth-order valence-electron chi connectivity index (χ4n) is 3.62. The number of ether oxygens (including phenoxy) is 1. The van der Waals surface area contributed by atoms with E-state index in [0.717, 1.165) is 38.5 Å². The first-order chi connectivity index (χ1) is 16.8. The molecular weight excluding hydrogens is 454 g/mol. The topological polar surface area (TPSA) is 104 Å². The molecule has 0 bridgehead atoms. The lowest BCUT2D eigenvalue weighted by Gasteiger charge is -2.27. The summed E-state index contributed by atoms with van der Waals surface area (Å²) in [5.74, 6) is 0.454. The number of nitrogens with two attached hydrogens (primary N) is 1. The molecule has 6 heteroatoms. The van der Waals surface area contributed by atoms with Crippen LogP contribution in [0.25, 0.3) is 0 Å². The highest BCUT2D eigenvalue weighted by Crippen LogP contribution is 2.32. The van der Waals surface area contributed by atoms with E-state index in [-0.39, 0.29) is 29.0 Å². The van der Waals surface area contributed by atoms with Gasteiger partial charge in [-0.2, -0.15) is 0 Å². The van der Waals surface area contributed by atoms with Gasteiger partial charge in [0.05, 0.1) is 6.61 Å². The third kappa shape index (κ3) is 19.5. The second kappa shape index (κ2) is 18.5. The maximum atomic E-state index is 11.0. The largest absolute Gasteiger partial charge is 0.466 e. The van der Waals surface area contributed by atoms with Crippen LogP contribution in [0.2, 0.25) is 0 Å². The molecule has 0 spiro atoms. The lowest BCUT2D eigenvalue weighted by Crippen LogP contribution is -2.20. The van der Waals surface area contributed by atoms with Crippen LogP contribution in [-0.4, -0.2) is 30.0 Å². The van der Waals surface area contributed by atoms with Crippen LogP contribution in [0.4, 0.5) is 0 Å². The molecule has 1 aromatic rings. The minimum Gasteiger partial charge on any atom is -0.466 e. The Labute approximate surface area is 218 Å². The third-order valence-corrected chi connectivity index (χ3v) is 5.53. The molecular formula is C30H47NO5. The molecule has 1 saturated heterocycles. The highest BCUT2D eigenvalue weighted by atomic mass is 16.5. The average molecular weight is 502 g/mol. The molecule has 1 aromatic carbocycles. The standard InChI is InChI=1S/C9H14O.C7H8.C6H10O.C4H9NO.C4H6O2/c1-7-4-8(10)6-9(2,3)5-7;1-7-5-3-2-4-6-7;7-6-4-2-1-3-5-6;1-3(2)4(5)6;5-4-2-1-3-6-4/h4H,5-6H2,1-3H3;2-6H,1H3;1-5H2;3H,1-2H3,(H2,5,6);1-3H2. The molecule has 0 aromatic heterocycles. The van der Waals surface area contributed by atoms with Crippen LogP contribution in [0.1, 0.15) is 98.0 Å². The fraction of sp³-hybridized carbons (Fsp3) is 0.600. The fourth-order valence-corrected chi connectivity index (χ4v) is 3.62. The maximum absolute atomic E-state index is 11.0. The molecule has 0 unspecified atom stereocenters. The number of carbonyl (C=O) groups excluding carboxylic acids is 4. The Kier molecular flexibility index (Phi) is 17.1. The van der Waals surface area contributed by atoms with Crippen LogP contribution in [0.15, 0.2) is 42.0 Å². The van der Waals surface area contributed by atoms with Gasteiger partial charge in [-0.3, -0.25) is 19.2 Å². The van der Waals surface area contributed by atoms with Crippen LogP contribution in [0.3, 0.4) is 0 Å². The van der Waals surface area contributed by atoms with Gasteiger partial charge in [-0.25, -0.2) is 0 Å². The van der Waals surface area contributed by atoms with Gasteiger partial charge in [-0.1, -0.05) is 75.6 Å². The van der Waals surface area contributed by atoms with Crippen molar-refractivity contribution in [3.63, 3.8) is 0 Å². The monoisotopic (exact) mass is 501 g/mol. The van der Waals surface area contributed by atoms with Crippen LogP contribution in [0.5, 0.6) is 0 Å². The highest BCUT2D eigenvalue weighted by Gasteiger charge is 2.25. The summed E-state index contributed by atoms with van der Waals surface area (Å²) in [4.78, 5) is 41.4. The van der Waals surface area contributed by atoms with E-state index >= 15 is 0 Å². The normalized spacial score (nSPS) is 17.9. The molecule has 1 amide bonds. The van der Waals surface area contributed by atoms with Crippen molar-refractivity contribution in [3.8, 4) is 0 Å². The number of ketones is 2. The Hall–Kier alpha value is -2.76. The number of primary amides is 1. The molecule has 2 N–H and O–H groups in total. The van der Waals surface area contributed by atoms with Gasteiger partial charge in [0, 0.05) is 31.6 Å². The Bertz CT molecular complexity index is 822. The second-order valence-corrected chi connectivity index (χ2v) is 10.6. The Morgan fingerprint density at radius 3 is 1.69 bits per heavy atom. The minimum atomic E-state index is -0.241. The number of allylic oxidation sites excluding steroid dienone is 2. The predicted octanol–water partition coefficient (Wildman–Crippen LogP) is 6.29. The van der Waals surface area contributed by atoms with E-state index in [0.29, 0.717) is 25.2 Å². The van der Waals surface area contributed by atoms with Gasteiger partial charge < -0.3 is 10.5 Å². The lowest BCUT2D eigenvalue weighted by molar-refractivity contribution is -0.138. The van der Waals surface area contributed by atoms with Gasteiger partial charge in [-0.15, -0.1) is 0 Å². The molecule has 0 radical (unpaired) electrons. The minimum absolute atomic E-state index is 0.00926. The summed E-state index contributed by atoms with van der Waals surface area (Å²) in [7, 11) is 0. The SMILES string of the molecule is CC(C)C(N)=O.CC1=CC(=O)CC(C)(C)C1.Cc1ccccc1.O=C1CCCCC1.O=C1CCCO1. The number of aryl methyl sites for hydroxylation is 1. The zero-order valence-corrected chi connectivity index (χ0v) is 23.2. The van der Waals surface area contributed by atoms with E-state index in [1.54, 1.807) is 19.9 Å². The molecule has 2 fully saturated rings. The van der Waals surface area contributed by atoms with Crippen molar-refractivity contribution in [2.75, 3.05) is 6.61 Å². The molecule has 2 aliphatic carbocycles. The molecule has 1 heterocycles. The van der Waals surface area contributed by atoms with Crippen molar-refractivity contribution in [1.29, 1.82) is 0 Å². The Balaban J connectivity index is 0.000000432. The first-order valence-corrected chi connectivity index (χ1v) is 13.0. The number of Topliss-reactive ketones (excluding diaryl/α,β-unsaturated/α-hetero) is 1. The van der Waals surface area contributed by atoms with Gasteiger partial charge >= 0.3 is 5.97 Å². The van der Waals surface area contributed by atoms with E-state index < -0.39 is 0 Å². The number of hydrogen-bond donors (Lipinski definition) is 1. The van der Waals surface area contributed by atoms with Crippen LogP contribution >= 0.6 is 0 Å². The van der Waals surface area contributed by atoms with Gasteiger partial charge in [-0.05, 0) is 51.0 Å². The van der Waals surface area contributed by atoms with Crippen LogP contribution in [0, 0.1) is 18.3 Å². The molecule has 36 heavy (non-hydrogen) atoms. The summed E-state index contributed by atoms with van der Waals surface area (Å²) >= 11 is 0. The van der Waals surface area contributed by atoms with E-state index in [4.69, 9.17) is 5.73 Å². The number of cyclic esters (lactones) is 1. The number of amides is 1. The van der Waals surface area contributed by atoms with Crippen molar-refractivity contribution in [2.45, 2.75) is 99.3 Å². The first kappa shape index (κ1) is 33.2. The van der Waals surface area contributed by atoms with Gasteiger partial charge in [0.1, 0.15) is 5.78 Å². The smallest absolute Gasteiger partial charge is 0.305 e. The average Bonchev–Trinajstić information content (AvgIpc) is 3.26. The predicted molar refractivity (Wildman–Crippen MR) is 145 cm³/mol. The maximum Gasteiger partial charge on any atom is 0.305 e. The third-order valence-electron chi connectivity index (χ3n) is 5.53. The zero-order valence-electron chi connectivity index (χ0n) is 23.2. The van der Waals surface area contributed by atoms with Crippen molar-refractivity contribution in [1.82, 2.24) is 0 Å². The summed E-state index contributed by atoms with van der Waals surface area (Å²) in [6.07, 6.45) is 10.3.